The average molecular weight is 226 g/mol. The third-order valence-electron chi connectivity index (χ3n) is 0.682. The van der Waals surface area contributed by atoms with Gasteiger partial charge in [0.15, 0.2) is 0 Å². The first-order chi connectivity index (χ1) is 3.13. The minimum atomic E-state index is -0.375. The first-order valence-electron chi connectivity index (χ1n) is 2.49. The van der Waals surface area contributed by atoms with Crippen LogP contribution in [0.4, 0.5) is 0 Å². The minimum Gasteiger partial charge on any atom is -0.393 e. The summed E-state index contributed by atoms with van der Waals surface area (Å²) in [5.41, 5.74) is 0. The van der Waals surface area contributed by atoms with E-state index in [1.807, 2.05) is 0 Å². The van der Waals surface area contributed by atoms with Crippen LogP contribution in [0.25, 0.3) is 0 Å². The Balaban J connectivity index is -0.000000180. The van der Waals surface area contributed by atoms with Crippen molar-refractivity contribution >= 4 is 0 Å². The SMILES string of the molecule is CC(O)CC(C)O.[CH3-].[Pd]. The number of hydrogen-bond donors (Lipinski definition) is 2. The van der Waals surface area contributed by atoms with Crippen molar-refractivity contribution in [2.24, 2.45) is 0 Å². The smallest absolute Gasteiger partial charge is 0.0536 e. The van der Waals surface area contributed by atoms with Crippen molar-refractivity contribution in [3.05, 3.63) is 7.43 Å². The van der Waals surface area contributed by atoms with Crippen molar-refractivity contribution in [1.82, 2.24) is 0 Å². The van der Waals surface area contributed by atoms with Gasteiger partial charge in [-0.25, -0.2) is 0 Å². The van der Waals surface area contributed by atoms with Gasteiger partial charge in [-0.1, -0.05) is 0 Å². The van der Waals surface area contributed by atoms with E-state index in [1.54, 1.807) is 13.8 Å². The Hall–Kier alpha value is 0.582. The molecule has 0 saturated carbocycles. The van der Waals surface area contributed by atoms with E-state index in [4.69, 9.17) is 10.2 Å². The number of aliphatic hydroxyl groups excluding tert-OH is 2. The van der Waals surface area contributed by atoms with Crippen LogP contribution in [-0.2, 0) is 20.4 Å². The number of rotatable bonds is 2. The maximum absolute atomic E-state index is 8.56. The summed E-state index contributed by atoms with van der Waals surface area (Å²) in [6.07, 6.45) is -0.278. The van der Waals surface area contributed by atoms with Crippen molar-refractivity contribution in [3.63, 3.8) is 0 Å². The molecule has 2 nitrogen and oxygen atoms in total. The van der Waals surface area contributed by atoms with E-state index in [0.29, 0.717) is 6.42 Å². The van der Waals surface area contributed by atoms with E-state index < -0.39 is 0 Å². The molecule has 2 N–H and O–H groups in total. The van der Waals surface area contributed by atoms with Gasteiger partial charge < -0.3 is 17.6 Å². The van der Waals surface area contributed by atoms with E-state index in [9.17, 15) is 0 Å². The predicted molar refractivity (Wildman–Crippen MR) is 34.4 cm³/mol. The van der Waals surface area contributed by atoms with Crippen molar-refractivity contribution in [2.75, 3.05) is 0 Å². The summed E-state index contributed by atoms with van der Waals surface area (Å²) in [6, 6.07) is 0. The van der Waals surface area contributed by atoms with Crippen LogP contribution in [-0.4, -0.2) is 22.4 Å². The summed E-state index contributed by atoms with van der Waals surface area (Å²) < 4.78 is 0. The van der Waals surface area contributed by atoms with Crippen molar-refractivity contribution < 1.29 is 30.6 Å². The van der Waals surface area contributed by atoms with Crippen LogP contribution >= 0.6 is 0 Å². The summed E-state index contributed by atoms with van der Waals surface area (Å²) >= 11 is 0. The molecule has 9 heavy (non-hydrogen) atoms. The molecule has 0 amide bonds. The first kappa shape index (κ1) is 16.3. The Morgan fingerprint density at radius 2 is 1.33 bits per heavy atom. The van der Waals surface area contributed by atoms with E-state index in [-0.39, 0.29) is 40.1 Å². The minimum absolute atomic E-state index is 0. The molecule has 0 spiro atoms. The zero-order valence-corrected chi connectivity index (χ0v) is 7.63. The number of aliphatic hydroxyl groups is 2. The molecular weight excluding hydrogens is 210 g/mol. The third-order valence-corrected chi connectivity index (χ3v) is 0.682. The Labute approximate surface area is 70.9 Å². The molecule has 2 atom stereocenters. The molecule has 0 aliphatic heterocycles. The van der Waals surface area contributed by atoms with Crippen LogP contribution in [0.3, 0.4) is 0 Å². The second kappa shape index (κ2) is 8.58. The molecule has 3 heteroatoms. The molecule has 2 unspecified atom stereocenters. The molecular formula is C6H15O2Pd-. The van der Waals surface area contributed by atoms with Crippen LogP contribution in [0.5, 0.6) is 0 Å². The Morgan fingerprint density at radius 3 is 1.33 bits per heavy atom. The monoisotopic (exact) mass is 225 g/mol. The second-order valence-electron chi connectivity index (χ2n) is 1.93. The van der Waals surface area contributed by atoms with Gasteiger partial charge in [-0.2, -0.15) is 0 Å². The van der Waals surface area contributed by atoms with Crippen LogP contribution in [0.15, 0.2) is 0 Å². The molecule has 0 rings (SSSR count). The van der Waals surface area contributed by atoms with Gasteiger partial charge in [0.25, 0.3) is 0 Å². The van der Waals surface area contributed by atoms with Crippen molar-refractivity contribution in [2.45, 2.75) is 32.5 Å². The maximum Gasteiger partial charge on any atom is 0.0536 e. The van der Waals surface area contributed by atoms with Gasteiger partial charge in [-0.05, 0) is 20.3 Å². The Kier molecular flexibility index (Phi) is 15.5. The zero-order chi connectivity index (χ0) is 5.86. The van der Waals surface area contributed by atoms with Gasteiger partial charge in [0, 0.05) is 20.4 Å². The van der Waals surface area contributed by atoms with E-state index in [2.05, 4.69) is 0 Å². The van der Waals surface area contributed by atoms with Crippen molar-refractivity contribution in [3.8, 4) is 0 Å². The van der Waals surface area contributed by atoms with Crippen LogP contribution in [0.2, 0.25) is 0 Å². The molecule has 62 valence electrons. The van der Waals surface area contributed by atoms with Crippen LogP contribution in [0.1, 0.15) is 20.3 Å². The maximum atomic E-state index is 8.56. The molecule has 0 aliphatic rings. The van der Waals surface area contributed by atoms with Crippen LogP contribution in [0, 0.1) is 7.43 Å². The van der Waals surface area contributed by atoms with E-state index in [0.717, 1.165) is 0 Å². The predicted octanol–water partition coefficient (Wildman–Crippen LogP) is 0.586. The summed E-state index contributed by atoms with van der Waals surface area (Å²) in [7, 11) is 0. The van der Waals surface area contributed by atoms with Gasteiger partial charge in [0.1, 0.15) is 0 Å². The fourth-order valence-electron chi connectivity index (χ4n) is 0.494. The summed E-state index contributed by atoms with van der Waals surface area (Å²) in [6.45, 7) is 3.32. The second-order valence-corrected chi connectivity index (χ2v) is 1.93. The number of hydrogen-bond acceptors (Lipinski definition) is 2. The fraction of sp³-hybridized carbons (Fsp3) is 0.833. The van der Waals surface area contributed by atoms with Gasteiger partial charge in [0.05, 0.1) is 12.2 Å². The Bertz CT molecular complexity index is 40.3. The zero-order valence-electron chi connectivity index (χ0n) is 6.07. The molecule has 0 radical (unpaired) electrons. The van der Waals surface area contributed by atoms with Crippen molar-refractivity contribution in [1.29, 1.82) is 0 Å². The standard InChI is InChI=1S/C5H12O2.CH3.Pd/c1-4(6)3-5(2)7;;/h4-7H,3H2,1-2H3;1H3;/q;-1;. The third kappa shape index (κ3) is 17.7. The molecule has 0 saturated heterocycles. The molecule has 0 heterocycles. The molecule has 0 aromatic rings. The van der Waals surface area contributed by atoms with Gasteiger partial charge in [-0.3, -0.25) is 0 Å². The van der Waals surface area contributed by atoms with Gasteiger partial charge in [0.2, 0.25) is 0 Å². The average Bonchev–Trinajstić information content (AvgIpc) is 1.27. The topological polar surface area (TPSA) is 40.5 Å². The largest absolute Gasteiger partial charge is 0.393 e. The fourth-order valence-corrected chi connectivity index (χ4v) is 0.494. The molecule has 0 aromatic carbocycles. The molecule has 0 aliphatic carbocycles. The first-order valence-corrected chi connectivity index (χ1v) is 2.49. The van der Waals surface area contributed by atoms with E-state index >= 15 is 0 Å². The van der Waals surface area contributed by atoms with Gasteiger partial charge >= 0.3 is 0 Å². The summed E-state index contributed by atoms with van der Waals surface area (Å²) in [5, 5.41) is 17.1. The van der Waals surface area contributed by atoms with Crippen LogP contribution < -0.4 is 0 Å². The van der Waals surface area contributed by atoms with Gasteiger partial charge in [-0.15, -0.1) is 0 Å². The Morgan fingerprint density at radius 1 is 1.11 bits per heavy atom. The molecule has 0 aromatic heterocycles. The summed E-state index contributed by atoms with van der Waals surface area (Å²) in [4.78, 5) is 0. The summed E-state index contributed by atoms with van der Waals surface area (Å²) in [5.74, 6) is 0. The normalized spacial score (nSPS) is 14.7. The quantitative estimate of drug-likeness (QED) is 0.533. The molecule has 0 bridgehead atoms. The van der Waals surface area contributed by atoms with E-state index in [1.165, 1.54) is 0 Å². The molecule has 0 fully saturated rings.